The molecule has 0 aliphatic carbocycles. The Bertz CT molecular complexity index is 988. The van der Waals surface area contributed by atoms with Gasteiger partial charge < -0.3 is 14.8 Å². The average Bonchev–Trinajstić information content (AvgIpc) is 2.96. The molecule has 0 aliphatic heterocycles. The number of benzene rings is 1. The number of esters is 2. The monoisotopic (exact) mass is 449 g/mol. The number of carbonyl (C=O) groups excluding carboxylic acids is 3. The number of hydrogen-bond donors (Lipinski definition) is 1. The van der Waals surface area contributed by atoms with Crippen molar-refractivity contribution in [1.82, 2.24) is 0 Å². The lowest BCUT2D eigenvalue weighted by Gasteiger charge is -2.19. The number of rotatable bonds is 6. The van der Waals surface area contributed by atoms with Gasteiger partial charge in [0.05, 0.1) is 12.2 Å². The summed E-state index contributed by atoms with van der Waals surface area (Å²) < 4.78 is 10.5. The first-order valence-corrected chi connectivity index (χ1v) is 10.5. The van der Waals surface area contributed by atoms with Crippen LogP contribution in [0.15, 0.2) is 30.3 Å². The maximum Gasteiger partial charge on any atom is 0.349 e. The van der Waals surface area contributed by atoms with Crippen molar-refractivity contribution in [2.45, 2.75) is 40.2 Å². The molecule has 1 aromatic carbocycles. The van der Waals surface area contributed by atoms with E-state index >= 15 is 0 Å². The fourth-order valence-electron chi connectivity index (χ4n) is 2.50. The standard InChI is InChI=1S/C22H24ClNO5S/c1-6-28-20(26)17-13(2)18(21(27)29-22(3,4)5)30-19(17)24-16(25)12-11-14-9-7-8-10-15(14)23/h7-12H,6H2,1-5H3,(H,24,25)/b12-11+. The van der Waals surface area contributed by atoms with Crippen LogP contribution in [-0.2, 0) is 14.3 Å². The Morgan fingerprint density at radius 1 is 1.17 bits per heavy atom. The molecule has 1 N–H and O–H groups in total. The number of halogens is 1. The zero-order valence-electron chi connectivity index (χ0n) is 17.5. The van der Waals surface area contributed by atoms with Crippen molar-refractivity contribution in [1.29, 1.82) is 0 Å². The van der Waals surface area contributed by atoms with Crippen LogP contribution in [0.2, 0.25) is 5.02 Å². The van der Waals surface area contributed by atoms with Gasteiger partial charge in [0.2, 0.25) is 5.91 Å². The quantitative estimate of drug-likeness (QED) is 0.465. The minimum Gasteiger partial charge on any atom is -0.462 e. The van der Waals surface area contributed by atoms with Crippen LogP contribution in [-0.4, -0.2) is 30.1 Å². The molecule has 0 saturated heterocycles. The lowest BCUT2D eigenvalue weighted by atomic mass is 10.1. The summed E-state index contributed by atoms with van der Waals surface area (Å²) in [6.45, 7) is 8.72. The van der Waals surface area contributed by atoms with Crippen LogP contribution in [0.1, 0.15) is 58.9 Å². The van der Waals surface area contributed by atoms with Crippen LogP contribution in [0.25, 0.3) is 6.08 Å². The molecule has 30 heavy (non-hydrogen) atoms. The first-order chi connectivity index (χ1) is 14.0. The predicted octanol–water partition coefficient (Wildman–Crippen LogP) is 5.49. The number of thiophene rings is 1. The van der Waals surface area contributed by atoms with E-state index in [1.165, 1.54) is 6.08 Å². The molecule has 2 aromatic rings. The highest BCUT2D eigenvalue weighted by Crippen LogP contribution is 2.35. The zero-order valence-corrected chi connectivity index (χ0v) is 19.1. The van der Waals surface area contributed by atoms with Gasteiger partial charge in [-0.2, -0.15) is 0 Å². The molecule has 8 heteroatoms. The summed E-state index contributed by atoms with van der Waals surface area (Å²) in [6.07, 6.45) is 2.87. The van der Waals surface area contributed by atoms with Crippen molar-refractivity contribution in [3.05, 3.63) is 56.9 Å². The highest BCUT2D eigenvalue weighted by molar-refractivity contribution is 7.18. The lowest BCUT2D eigenvalue weighted by Crippen LogP contribution is -2.23. The van der Waals surface area contributed by atoms with Crippen molar-refractivity contribution in [2.24, 2.45) is 0 Å². The van der Waals surface area contributed by atoms with Crippen molar-refractivity contribution >= 4 is 51.9 Å². The molecule has 0 radical (unpaired) electrons. The molecule has 1 amide bonds. The van der Waals surface area contributed by atoms with E-state index < -0.39 is 23.4 Å². The second-order valence-corrected chi connectivity index (χ2v) is 8.75. The molecule has 0 fully saturated rings. The summed E-state index contributed by atoms with van der Waals surface area (Å²) in [5.41, 5.74) is 0.524. The molecule has 0 bridgehead atoms. The largest absolute Gasteiger partial charge is 0.462 e. The van der Waals surface area contributed by atoms with Gasteiger partial charge in [0.15, 0.2) is 0 Å². The molecule has 160 valence electrons. The molecule has 0 unspecified atom stereocenters. The van der Waals surface area contributed by atoms with Crippen molar-refractivity contribution in [3.8, 4) is 0 Å². The van der Waals surface area contributed by atoms with Gasteiger partial charge in [-0.05, 0) is 57.9 Å². The van der Waals surface area contributed by atoms with Gasteiger partial charge in [-0.15, -0.1) is 11.3 Å². The third kappa shape index (κ3) is 6.18. The molecule has 0 saturated carbocycles. The number of ether oxygens (including phenoxy) is 2. The van der Waals surface area contributed by atoms with Crippen molar-refractivity contribution in [2.75, 3.05) is 11.9 Å². The van der Waals surface area contributed by atoms with Gasteiger partial charge in [-0.1, -0.05) is 29.8 Å². The molecule has 0 aliphatic rings. The first-order valence-electron chi connectivity index (χ1n) is 9.31. The van der Waals surface area contributed by atoms with E-state index in [2.05, 4.69) is 5.32 Å². The normalized spacial score (nSPS) is 11.4. The molecule has 1 aromatic heterocycles. The highest BCUT2D eigenvalue weighted by Gasteiger charge is 2.29. The Balaban J connectivity index is 2.34. The van der Waals surface area contributed by atoms with E-state index in [1.54, 1.807) is 65.0 Å². The molecule has 6 nitrogen and oxygen atoms in total. The third-order valence-electron chi connectivity index (χ3n) is 3.77. The molecule has 0 spiro atoms. The minimum atomic E-state index is -0.696. The topological polar surface area (TPSA) is 81.7 Å². The molecular formula is C22H24ClNO5S. The smallest absolute Gasteiger partial charge is 0.349 e. The van der Waals surface area contributed by atoms with Gasteiger partial charge in [0.25, 0.3) is 0 Å². The Hall–Kier alpha value is -2.64. The van der Waals surface area contributed by atoms with Crippen LogP contribution in [0, 0.1) is 6.92 Å². The summed E-state index contributed by atoms with van der Waals surface area (Å²) in [4.78, 5) is 37.7. The second-order valence-electron chi connectivity index (χ2n) is 7.33. The van der Waals surface area contributed by atoms with Gasteiger partial charge in [-0.25, -0.2) is 9.59 Å². The van der Waals surface area contributed by atoms with E-state index in [1.807, 2.05) is 0 Å². The van der Waals surface area contributed by atoms with Crippen LogP contribution < -0.4 is 5.32 Å². The van der Waals surface area contributed by atoms with E-state index in [0.29, 0.717) is 16.1 Å². The summed E-state index contributed by atoms with van der Waals surface area (Å²) in [5, 5.41) is 3.39. The summed E-state index contributed by atoms with van der Waals surface area (Å²) in [6, 6.07) is 7.08. The van der Waals surface area contributed by atoms with Gasteiger partial charge in [0.1, 0.15) is 15.5 Å². The third-order valence-corrected chi connectivity index (χ3v) is 5.30. The van der Waals surface area contributed by atoms with E-state index in [9.17, 15) is 14.4 Å². The number of nitrogens with one attached hydrogen (secondary N) is 1. The maximum atomic E-state index is 12.6. The van der Waals surface area contributed by atoms with Crippen molar-refractivity contribution < 1.29 is 23.9 Å². The fraction of sp³-hybridized carbons (Fsp3) is 0.318. The molecular weight excluding hydrogens is 426 g/mol. The van der Waals surface area contributed by atoms with Gasteiger partial charge in [0, 0.05) is 11.1 Å². The second kappa shape index (κ2) is 9.91. The zero-order chi connectivity index (χ0) is 22.5. The van der Waals surface area contributed by atoms with E-state index in [4.69, 9.17) is 21.1 Å². The SMILES string of the molecule is CCOC(=O)c1c(NC(=O)/C=C/c2ccccc2Cl)sc(C(=O)OC(C)(C)C)c1C. The van der Waals surface area contributed by atoms with Gasteiger partial charge in [-0.3, -0.25) is 4.79 Å². The number of anilines is 1. The average molecular weight is 450 g/mol. The number of hydrogen-bond acceptors (Lipinski definition) is 6. The fourth-order valence-corrected chi connectivity index (χ4v) is 3.77. The summed E-state index contributed by atoms with van der Waals surface area (Å²) >= 11 is 7.06. The summed E-state index contributed by atoms with van der Waals surface area (Å²) in [7, 11) is 0. The Morgan fingerprint density at radius 2 is 1.83 bits per heavy atom. The Labute approximate surface area is 184 Å². The Morgan fingerprint density at radius 3 is 2.43 bits per heavy atom. The number of amides is 1. The molecule has 1 heterocycles. The molecule has 2 rings (SSSR count). The Kier molecular flexibility index (Phi) is 7.81. The molecule has 0 atom stereocenters. The van der Waals surface area contributed by atoms with Crippen LogP contribution in [0.4, 0.5) is 5.00 Å². The number of carbonyl (C=O) groups is 3. The van der Waals surface area contributed by atoms with Crippen molar-refractivity contribution in [3.63, 3.8) is 0 Å². The first kappa shape index (κ1) is 23.6. The van der Waals surface area contributed by atoms with Crippen LogP contribution >= 0.6 is 22.9 Å². The highest BCUT2D eigenvalue weighted by atomic mass is 35.5. The van der Waals surface area contributed by atoms with Crippen LogP contribution in [0.3, 0.4) is 0 Å². The maximum absolute atomic E-state index is 12.6. The minimum absolute atomic E-state index is 0.141. The van der Waals surface area contributed by atoms with Crippen LogP contribution in [0.5, 0.6) is 0 Å². The van der Waals surface area contributed by atoms with E-state index in [-0.39, 0.29) is 22.0 Å². The lowest BCUT2D eigenvalue weighted by molar-refractivity contribution is -0.111. The summed E-state index contributed by atoms with van der Waals surface area (Å²) in [5.74, 6) is -1.66. The predicted molar refractivity (Wildman–Crippen MR) is 119 cm³/mol. The van der Waals surface area contributed by atoms with E-state index in [0.717, 1.165) is 11.3 Å². The van der Waals surface area contributed by atoms with Gasteiger partial charge >= 0.3 is 11.9 Å².